The summed E-state index contributed by atoms with van der Waals surface area (Å²) in [6.07, 6.45) is 7.18. The van der Waals surface area contributed by atoms with E-state index in [1.807, 2.05) is 18.7 Å². The molecule has 1 aliphatic rings. The second kappa shape index (κ2) is 10.6. The Morgan fingerprint density at radius 2 is 2.04 bits per heavy atom. The van der Waals surface area contributed by atoms with E-state index in [0.29, 0.717) is 30.1 Å². The molecule has 0 saturated heterocycles. The van der Waals surface area contributed by atoms with E-state index in [1.54, 1.807) is 18.2 Å². The summed E-state index contributed by atoms with van der Waals surface area (Å²) in [6.45, 7) is 2.77. The second-order valence-electron chi connectivity index (χ2n) is 7.00. The lowest BCUT2D eigenvalue weighted by atomic mass is 10.2. The van der Waals surface area contributed by atoms with Gasteiger partial charge >= 0.3 is 0 Å². The fraction of sp³-hybridized carbons (Fsp3) is 0.632. The van der Waals surface area contributed by atoms with E-state index in [4.69, 9.17) is 11.6 Å². The predicted molar refractivity (Wildman–Crippen MR) is 115 cm³/mol. The number of hydrogen-bond acceptors (Lipinski definition) is 4. The molecular formula is C19H29ClN2O3S2. The first kappa shape index (κ1) is 22.4. The van der Waals surface area contributed by atoms with Crippen LogP contribution in [0.5, 0.6) is 0 Å². The first-order valence-corrected chi connectivity index (χ1v) is 12.7. The molecule has 5 nitrogen and oxygen atoms in total. The Hall–Kier alpha value is -0.920. The molecule has 1 fully saturated rings. The van der Waals surface area contributed by atoms with Crippen LogP contribution < -0.4 is 9.62 Å². The maximum Gasteiger partial charge on any atom is 0.232 e. The maximum atomic E-state index is 12.2. The number of benzene rings is 1. The van der Waals surface area contributed by atoms with Crippen molar-refractivity contribution in [3.8, 4) is 0 Å². The highest BCUT2D eigenvalue weighted by Crippen LogP contribution is 2.29. The average molecular weight is 433 g/mol. The molecule has 8 heteroatoms. The van der Waals surface area contributed by atoms with E-state index in [1.165, 1.54) is 36.2 Å². The molecule has 1 aromatic carbocycles. The van der Waals surface area contributed by atoms with Crippen LogP contribution in [0.25, 0.3) is 0 Å². The van der Waals surface area contributed by atoms with Crippen molar-refractivity contribution >= 4 is 45.0 Å². The highest BCUT2D eigenvalue weighted by atomic mass is 35.5. The lowest BCUT2D eigenvalue weighted by molar-refractivity contribution is -0.121. The topological polar surface area (TPSA) is 66.5 Å². The molecule has 0 radical (unpaired) electrons. The summed E-state index contributed by atoms with van der Waals surface area (Å²) in [5.41, 5.74) is 1.40. The van der Waals surface area contributed by atoms with Crippen LogP contribution in [0.4, 0.5) is 5.69 Å². The standard InChI is InChI=1S/C19H29ClN2O3S2/c1-15-9-10-16(20)14-18(15)22(27(2,24)25)12-5-8-19(23)21-11-13-26-17-6-3-4-7-17/h9-10,14,17H,3-8,11-13H2,1-2H3,(H,21,23). The third-order valence-electron chi connectivity index (χ3n) is 4.69. The average Bonchev–Trinajstić information content (AvgIpc) is 3.10. The second-order valence-corrected chi connectivity index (χ2v) is 10.7. The molecule has 0 aliphatic heterocycles. The van der Waals surface area contributed by atoms with Crippen LogP contribution >= 0.6 is 23.4 Å². The van der Waals surface area contributed by atoms with E-state index in [0.717, 1.165) is 16.6 Å². The van der Waals surface area contributed by atoms with E-state index in [9.17, 15) is 13.2 Å². The first-order valence-electron chi connectivity index (χ1n) is 9.39. The Bertz CT molecular complexity index is 734. The lowest BCUT2D eigenvalue weighted by Crippen LogP contribution is -2.33. The molecule has 152 valence electrons. The molecule has 0 heterocycles. The minimum absolute atomic E-state index is 0.0294. The van der Waals surface area contributed by atoms with Crippen molar-refractivity contribution in [3.05, 3.63) is 28.8 Å². The lowest BCUT2D eigenvalue weighted by Gasteiger charge is -2.24. The molecule has 0 unspecified atom stereocenters. The quantitative estimate of drug-likeness (QED) is 0.567. The van der Waals surface area contributed by atoms with Crippen molar-refractivity contribution in [2.45, 2.75) is 50.7 Å². The molecule has 1 amide bonds. The molecular weight excluding hydrogens is 404 g/mol. The molecule has 27 heavy (non-hydrogen) atoms. The number of hydrogen-bond donors (Lipinski definition) is 1. The minimum atomic E-state index is -3.45. The van der Waals surface area contributed by atoms with Crippen molar-refractivity contribution < 1.29 is 13.2 Å². The van der Waals surface area contributed by atoms with Gasteiger partial charge in [-0.2, -0.15) is 11.8 Å². The van der Waals surface area contributed by atoms with Crippen molar-refractivity contribution in [2.75, 3.05) is 29.4 Å². The van der Waals surface area contributed by atoms with Crippen LogP contribution in [0.3, 0.4) is 0 Å². The minimum Gasteiger partial charge on any atom is -0.355 e. The molecule has 2 rings (SSSR count). The van der Waals surface area contributed by atoms with Gasteiger partial charge in [-0.1, -0.05) is 30.5 Å². The number of sulfonamides is 1. The van der Waals surface area contributed by atoms with Gasteiger partial charge in [0, 0.05) is 35.5 Å². The molecule has 1 aromatic rings. The Morgan fingerprint density at radius 3 is 2.70 bits per heavy atom. The van der Waals surface area contributed by atoms with Gasteiger partial charge in [-0.15, -0.1) is 0 Å². The third-order valence-corrected chi connectivity index (χ3v) is 7.48. The molecule has 0 bridgehead atoms. The number of nitrogens with one attached hydrogen (secondary N) is 1. The number of aryl methyl sites for hydroxylation is 1. The van der Waals surface area contributed by atoms with E-state index in [-0.39, 0.29) is 12.5 Å². The smallest absolute Gasteiger partial charge is 0.232 e. The van der Waals surface area contributed by atoms with Gasteiger partial charge in [0.2, 0.25) is 15.9 Å². The van der Waals surface area contributed by atoms with E-state index in [2.05, 4.69) is 5.32 Å². The van der Waals surface area contributed by atoms with Crippen LogP contribution in [0.15, 0.2) is 18.2 Å². The van der Waals surface area contributed by atoms with Crippen molar-refractivity contribution in [3.63, 3.8) is 0 Å². The van der Waals surface area contributed by atoms with Gasteiger partial charge in [-0.3, -0.25) is 9.10 Å². The molecule has 0 atom stereocenters. The van der Waals surface area contributed by atoms with Crippen LogP contribution in [0.1, 0.15) is 44.1 Å². The number of rotatable bonds is 10. The number of carbonyl (C=O) groups is 1. The van der Waals surface area contributed by atoms with Gasteiger partial charge in [-0.25, -0.2) is 8.42 Å². The van der Waals surface area contributed by atoms with Crippen molar-refractivity contribution in [1.29, 1.82) is 0 Å². The number of anilines is 1. The number of thioether (sulfide) groups is 1. The number of halogens is 1. The van der Waals surface area contributed by atoms with Gasteiger partial charge in [-0.05, 0) is 43.9 Å². The largest absolute Gasteiger partial charge is 0.355 e. The number of amides is 1. The Kier molecular flexibility index (Phi) is 8.76. The molecule has 1 aliphatic carbocycles. The normalized spacial score (nSPS) is 15.1. The van der Waals surface area contributed by atoms with Crippen molar-refractivity contribution in [2.24, 2.45) is 0 Å². The zero-order valence-electron chi connectivity index (χ0n) is 16.0. The Balaban J connectivity index is 1.78. The number of carbonyl (C=O) groups excluding carboxylic acids is 1. The molecule has 0 aromatic heterocycles. The highest BCUT2D eigenvalue weighted by Gasteiger charge is 2.20. The van der Waals surface area contributed by atoms with Gasteiger partial charge in [0.1, 0.15) is 0 Å². The van der Waals surface area contributed by atoms with Gasteiger partial charge in [0.25, 0.3) is 0 Å². The van der Waals surface area contributed by atoms with Crippen LogP contribution in [0.2, 0.25) is 5.02 Å². The Morgan fingerprint density at radius 1 is 1.33 bits per heavy atom. The van der Waals surface area contributed by atoms with Crippen molar-refractivity contribution in [1.82, 2.24) is 5.32 Å². The summed E-state index contributed by atoms with van der Waals surface area (Å²) in [5.74, 6) is 0.909. The fourth-order valence-corrected chi connectivity index (χ4v) is 5.66. The molecule has 0 spiro atoms. The third kappa shape index (κ3) is 7.54. The predicted octanol–water partition coefficient (Wildman–Crippen LogP) is 3.99. The van der Waals surface area contributed by atoms with Gasteiger partial charge in [0.05, 0.1) is 11.9 Å². The number of nitrogens with zero attached hydrogens (tertiary/aromatic N) is 1. The maximum absolute atomic E-state index is 12.2. The van der Waals surface area contributed by atoms with E-state index >= 15 is 0 Å². The summed E-state index contributed by atoms with van der Waals surface area (Å²) >= 11 is 7.97. The molecule has 1 N–H and O–H groups in total. The van der Waals surface area contributed by atoms with Gasteiger partial charge in [0.15, 0.2) is 0 Å². The summed E-state index contributed by atoms with van der Waals surface area (Å²) < 4.78 is 25.7. The van der Waals surface area contributed by atoms with E-state index < -0.39 is 10.0 Å². The SMILES string of the molecule is Cc1ccc(Cl)cc1N(CCCC(=O)NCCSC1CCCC1)S(C)(=O)=O. The summed E-state index contributed by atoms with van der Waals surface area (Å²) in [7, 11) is -3.45. The van der Waals surface area contributed by atoms with Crippen LogP contribution in [-0.4, -0.2) is 44.7 Å². The summed E-state index contributed by atoms with van der Waals surface area (Å²) in [6, 6.07) is 5.18. The fourth-order valence-electron chi connectivity index (χ4n) is 3.26. The monoisotopic (exact) mass is 432 g/mol. The zero-order valence-corrected chi connectivity index (χ0v) is 18.4. The van der Waals surface area contributed by atoms with Crippen LogP contribution in [0, 0.1) is 6.92 Å². The zero-order chi connectivity index (χ0) is 19.9. The van der Waals surface area contributed by atoms with Crippen LogP contribution in [-0.2, 0) is 14.8 Å². The summed E-state index contributed by atoms with van der Waals surface area (Å²) in [5, 5.41) is 4.17. The highest BCUT2D eigenvalue weighted by molar-refractivity contribution is 7.99. The Labute approximate surface area is 172 Å². The summed E-state index contributed by atoms with van der Waals surface area (Å²) in [4.78, 5) is 12.0. The van der Waals surface area contributed by atoms with Gasteiger partial charge < -0.3 is 5.32 Å². The first-order chi connectivity index (χ1) is 12.8. The molecule has 1 saturated carbocycles.